The lowest BCUT2D eigenvalue weighted by molar-refractivity contribution is 0.632. The maximum atomic E-state index is 4.88. The predicted molar refractivity (Wildman–Crippen MR) is 151 cm³/mol. The Bertz CT molecular complexity index is 1760. The van der Waals surface area contributed by atoms with Crippen LogP contribution in [0.4, 0.5) is 0 Å². The van der Waals surface area contributed by atoms with E-state index in [0.29, 0.717) is 0 Å². The summed E-state index contributed by atoms with van der Waals surface area (Å²) in [6.07, 6.45) is 3.63. The van der Waals surface area contributed by atoms with Crippen molar-refractivity contribution < 1.29 is 0 Å². The van der Waals surface area contributed by atoms with Crippen LogP contribution < -0.4 is 0 Å². The minimum Gasteiger partial charge on any atom is -0.256 e. The predicted octanol–water partition coefficient (Wildman–Crippen LogP) is 9.00. The van der Waals surface area contributed by atoms with E-state index in [1.54, 1.807) is 0 Å². The average molecular weight is 481 g/mol. The monoisotopic (exact) mass is 480 g/mol. The van der Waals surface area contributed by atoms with Crippen LogP contribution in [0.25, 0.3) is 54.7 Å². The zero-order chi connectivity index (χ0) is 24.3. The molecule has 36 heavy (non-hydrogen) atoms. The molecule has 6 aromatic rings. The van der Waals surface area contributed by atoms with Crippen LogP contribution in [0.1, 0.15) is 24.4 Å². The zero-order valence-corrected chi connectivity index (χ0v) is 21.0. The molecule has 3 heteroatoms. The number of aromatic nitrogens is 2. The Morgan fingerprint density at radius 1 is 0.583 bits per heavy atom. The van der Waals surface area contributed by atoms with Crippen molar-refractivity contribution >= 4 is 21.4 Å². The van der Waals surface area contributed by atoms with Crippen LogP contribution in [0.2, 0.25) is 0 Å². The molecule has 172 valence electrons. The lowest BCUT2D eigenvalue weighted by Crippen LogP contribution is -2.20. The van der Waals surface area contributed by atoms with Crippen LogP contribution in [-0.2, 0) is 5.41 Å². The first-order valence-electron chi connectivity index (χ1n) is 12.3. The van der Waals surface area contributed by atoms with Crippen molar-refractivity contribution in [2.24, 2.45) is 0 Å². The molecule has 0 saturated carbocycles. The molecule has 0 N–H and O–H groups in total. The summed E-state index contributed by atoms with van der Waals surface area (Å²) in [6, 6.07) is 34.8. The van der Waals surface area contributed by atoms with Gasteiger partial charge in [-0.2, -0.15) is 0 Å². The van der Waals surface area contributed by atoms with Gasteiger partial charge in [0.1, 0.15) is 0 Å². The van der Waals surface area contributed by atoms with Gasteiger partial charge < -0.3 is 0 Å². The second-order valence-electron chi connectivity index (χ2n) is 9.82. The third kappa shape index (κ3) is 3.03. The molecule has 2 nitrogen and oxygen atoms in total. The SMILES string of the molecule is CC1(C)c2nccnc2-c2ccccc2-c2c1sc1c(-c3ccccc3-c3ccccc3)cccc21. The van der Waals surface area contributed by atoms with Gasteiger partial charge in [0.25, 0.3) is 0 Å². The van der Waals surface area contributed by atoms with Crippen LogP contribution in [0.5, 0.6) is 0 Å². The summed E-state index contributed by atoms with van der Waals surface area (Å²) in [7, 11) is 0. The summed E-state index contributed by atoms with van der Waals surface area (Å²) in [5.74, 6) is 0. The topological polar surface area (TPSA) is 25.8 Å². The van der Waals surface area contributed by atoms with E-state index in [0.717, 1.165) is 17.0 Å². The van der Waals surface area contributed by atoms with E-state index >= 15 is 0 Å². The standard InChI is InChI=1S/C33H24N2S/c1-33(2)31-29(34-19-20-35-31)25-16-9-8-15-24(25)28-27-18-10-17-26(30(27)36-32(28)33)23-14-7-6-13-22(23)21-11-4-3-5-12-21/h3-20H,1-2H3. The van der Waals surface area contributed by atoms with Crippen molar-refractivity contribution in [2.45, 2.75) is 19.3 Å². The van der Waals surface area contributed by atoms with E-state index in [4.69, 9.17) is 9.97 Å². The third-order valence-electron chi connectivity index (χ3n) is 7.33. The number of hydrogen-bond donors (Lipinski definition) is 0. The Balaban J connectivity index is 1.57. The summed E-state index contributed by atoms with van der Waals surface area (Å²) in [4.78, 5) is 11.0. The zero-order valence-electron chi connectivity index (χ0n) is 20.2. The highest BCUT2D eigenvalue weighted by Crippen LogP contribution is 2.54. The number of thiophene rings is 1. The van der Waals surface area contributed by atoms with Crippen LogP contribution >= 0.6 is 11.3 Å². The fourth-order valence-corrected chi connectivity index (χ4v) is 7.08. The van der Waals surface area contributed by atoms with Gasteiger partial charge in [-0.05, 0) is 36.1 Å². The molecule has 7 rings (SSSR count). The van der Waals surface area contributed by atoms with Gasteiger partial charge in [-0.3, -0.25) is 9.97 Å². The van der Waals surface area contributed by atoms with Crippen molar-refractivity contribution in [1.82, 2.24) is 9.97 Å². The summed E-state index contributed by atoms with van der Waals surface area (Å²) in [5.41, 5.74) is 10.5. The first-order valence-corrected chi connectivity index (χ1v) is 13.1. The second kappa shape index (κ2) is 7.97. The van der Waals surface area contributed by atoms with Crippen LogP contribution in [0.15, 0.2) is 109 Å². The Labute approximate surface area is 215 Å². The van der Waals surface area contributed by atoms with Gasteiger partial charge in [0.05, 0.1) is 11.4 Å². The first-order chi connectivity index (χ1) is 17.6. The Morgan fingerprint density at radius 2 is 1.22 bits per heavy atom. The highest BCUT2D eigenvalue weighted by molar-refractivity contribution is 7.20. The summed E-state index contributed by atoms with van der Waals surface area (Å²) < 4.78 is 1.32. The highest BCUT2D eigenvalue weighted by atomic mass is 32.1. The maximum Gasteiger partial charge on any atom is 0.0932 e. The molecule has 4 aromatic carbocycles. The molecular formula is C33H24N2S. The quantitative estimate of drug-likeness (QED) is 0.247. The van der Waals surface area contributed by atoms with Crippen LogP contribution in [0.3, 0.4) is 0 Å². The van der Waals surface area contributed by atoms with E-state index in [1.165, 1.54) is 48.3 Å². The molecule has 1 aliphatic rings. The summed E-state index contributed by atoms with van der Waals surface area (Å²) in [5, 5.41) is 1.30. The molecular weight excluding hydrogens is 456 g/mol. The number of benzene rings is 4. The fourth-order valence-electron chi connectivity index (χ4n) is 5.63. The van der Waals surface area contributed by atoms with Crippen molar-refractivity contribution in [3.63, 3.8) is 0 Å². The van der Waals surface area contributed by atoms with E-state index in [9.17, 15) is 0 Å². The molecule has 0 bridgehead atoms. The van der Waals surface area contributed by atoms with E-state index in [1.807, 2.05) is 23.7 Å². The molecule has 0 radical (unpaired) electrons. The molecule has 0 atom stereocenters. The van der Waals surface area contributed by atoms with Crippen molar-refractivity contribution in [3.8, 4) is 44.6 Å². The smallest absolute Gasteiger partial charge is 0.0932 e. The molecule has 0 spiro atoms. The normalized spacial score (nSPS) is 13.5. The van der Waals surface area contributed by atoms with Gasteiger partial charge in [-0.15, -0.1) is 11.3 Å². The minimum atomic E-state index is -0.280. The average Bonchev–Trinajstić information content (AvgIpc) is 3.31. The summed E-state index contributed by atoms with van der Waals surface area (Å²) >= 11 is 1.90. The summed E-state index contributed by atoms with van der Waals surface area (Å²) in [6.45, 7) is 4.58. The van der Waals surface area contributed by atoms with Crippen LogP contribution in [0, 0.1) is 0 Å². The first kappa shape index (κ1) is 21.2. The molecule has 0 amide bonds. The van der Waals surface area contributed by atoms with Gasteiger partial charge in [0.2, 0.25) is 0 Å². The van der Waals surface area contributed by atoms with Gasteiger partial charge >= 0.3 is 0 Å². The van der Waals surface area contributed by atoms with E-state index in [2.05, 4.69) is 111 Å². The fraction of sp³-hybridized carbons (Fsp3) is 0.0909. The molecule has 0 unspecified atom stereocenters. The number of hydrogen-bond acceptors (Lipinski definition) is 3. The Hall–Kier alpha value is -4.08. The molecule has 2 heterocycles. The van der Waals surface area contributed by atoms with Crippen molar-refractivity contribution in [2.75, 3.05) is 0 Å². The van der Waals surface area contributed by atoms with Crippen molar-refractivity contribution in [3.05, 3.63) is 120 Å². The Kier molecular flexibility index (Phi) is 4.70. The molecule has 1 aliphatic carbocycles. The number of nitrogens with zero attached hydrogens (tertiary/aromatic N) is 2. The third-order valence-corrected chi connectivity index (χ3v) is 8.89. The number of fused-ring (bicyclic) bond motifs is 7. The lowest BCUT2D eigenvalue weighted by Gasteiger charge is -2.23. The Morgan fingerprint density at radius 3 is 2.03 bits per heavy atom. The maximum absolute atomic E-state index is 4.88. The van der Waals surface area contributed by atoms with Crippen LogP contribution in [-0.4, -0.2) is 9.97 Å². The van der Waals surface area contributed by atoms with E-state index < -0.39 is 0 Å². The van der Waals surface area contributed by atoms with E-state index in [-0.39, 0.29) is 5.41 Å². The van der Waals surface area contributed by atoms with Gasteiger partial charge in [0.15, 0.2) is 0 Å². The highest BCUT2D eigenvalue weighted by Gasteiger charge is 2.38. The van der Waals surface area contributed by atoms with Crippen molar-refractivity contribution in [1.29, 1.82) is 0 Å². The second-order valence-corrected chi connectivity index (χ2v) is 10.8. The lowest BCUT2D eigenvalue weighted by atomic mass is 9.84. The molecule has 2 aromatic heterocycles. The van der Waals surface area contributed by atoms with Gasteiger partial charge in [0, 0.05) is 49.5 Å². The van der Waals surface area contributed by atoms with Gasteiger partial charge in [-0.1, -0.05) is 97.1 Å². The number of rotatable bonds is 2. The van der Waals surface area contributed by atoms with Gasteiger partial charge in [-0.25, -0.2) is 0 Å². The largest absolute Gasteiger partial charge is 0.256 e. The molecule has 0 fully saturated rings. The minimum absolute atomic E-state index is 0.280. The molecule has 0 aliphatic heterocycles. The molecule has 0 saturated heterocycles.